The number of hydrogen-bond acceptors (Lipinski definition) is 4. The fourth-order valence-electron chi connectivity index (χ4n) is 1.61. The number of urea groups is 1. The van der Waals surface area contributed by atoms with Crippen molar-refractivity contribution >= 4 is 17.9 Å². The lowest BCUT2D eigenvalue weighted by Crippen LogP contribution is -2.58. The molecule has 1 rings (SSSR count). The van der Waals surface area contributed by atoms with E-state index in [9.17, 15) is 14.4 Å². The van der Waals surface area contributed by atoms with E-state index in [0.29, 0.717) is 6.54 Å². The molecule has 0 bridgehead atoms. The molecule has 0 aromatic rings. The lowest BCUT2D eigenvalue weighted by molar-refractivity contribution is -0.144. The highest BCUT2D eigenvalue weighted by atomic mass is 16.5. The molecule has 108 valence electrons. The van der Waals surface area contributed by atoms with Crippen molar-refractivity contribution in [2.75, 3.05) is 33.4 Å². The van der Waals surface area contributed by atoms with Crippen LogP contribution in [0.5, 0.6) is 0 Å². The van der Waals surface area contributed by atoms with E-state index in [2.05, 4.69) is 10.6 Å². The maximum Gasteiger partial charge on any atom is 0.332 e. The summed E-state index contributed by atoms with van der Waals surface area (Å²) >= 11 is 0. The number of carboxylic acid groups (broad SMARTS) is 1. The molecule has 19 heavy (non-hydrogen) atoms. The van der Waals surface area contributed by atoms with E-state index >= 15 is 0 Å². The molecule has 8 nitrogen and oxygen atoms in total. The third-order valence-electron chi connectivity index (χ3n) is 3.08. The quantitative estimate of drug-likeness (QED) is 0.596. The van der Waals surface area contributed by atoms with Crippen LogP contribution in [-0.2, 0) is 14.3 Å². The Bertz CT molecular complexity index is 365. The van der Waals surface area contributed by atoms with Gasteiger partial charge in [0.1, 0.15) is 0 Å². The van der Waals surface area contributed by atoms with Gasteiger partial charge in [-0.1, -0.05) is 0 Å². The highest BCUT2D eigenvalue weighted by molar-refractivity contribution is 5.89. The lowest BCUT2D eigenvalue weighted by atomic mass is 9.99. The maximum atomic E-state index is 11.6. The number of nitrogens with one attached hydrogen (secondary N) is 2. The molecule has 1 atom stereocenters. The van der Waals surface area contributed by atoms with Gasteiger partial charge in [0.25, 0.3) is 0 Å². The van der Waals surface area contributed by atoms with Crippen molar-refractivity contribution < 1.29 is 24.2 Å². The van der Waals surface area contributed by atoms with Gasteiger partial charge in [-0.05, 0) is 6.92 Å². The molecule has 1 unspecified atom stereocenters. The van der Waals surface area contributed by atoms with Crippen LogP contribution in [0.3, 0.4) is 0 Å². The molecular formula is C11H19N3O5. The SMILES string of the molecule is CCN(C)C(=O)CNC(=O)NC1(C(=O)O)CCOC1. The molecular weight excluding hydrogens is 254 g/mol. The Balaban J connectivity index is 2.46. The van der Waals surface area contributed by atoms with Crippen molar-refractivity contribution in [1.82, 2.24) is 15.5 Å². The molecule has 1 aliphatic heterocycles. The van der Waals surface area contributed by atoms with Gasteiger partial charge in [0, 0.05) is 26.6 Å². The van der Waals surface area contributed by atoms with Gasteiger partial charge >= 0.3 is 12.0 Å². The van der Waals surface area contributed by atoms with Crippen molar-refractivity contribution in [1.29, 1.82) is 0 Å². The third kappa shape index (κ3) is 3.82. The Morgan fingerprint density at radius 3 is 2.58 bits per heavy atom. The molecule has 0 radical (unpaired) electrons. The number of ether oxygens (including phenoxy) is 1. The van der Waals surface area contributed by atoms with Crippen LogP contribution < -0.4 is 10.6 Å². The minimum Gasteiger partial charge on any atom is -0.479 e. The Labute approximate surface area is 111 Å². The van der Waals surface area contributed by atoms with E-state index in [0.717, 1.165) is 0 Å². The summed E-state index contributed by atoms with van der Waals surface area (Å²) in [5.41, 5.74) is -1.40. The summed E-state index contributed by atoms with van der Waals surface area (Å²) in [7, 11) is 1.62. The zero-order valence-electron chi connectivity index (χ0n) is 11.1. The number of carbonyl (C=O) groups excluding carboxylic acids is 2. The number of carboxylic acids is 1. The molecule has 1 saturated heterocycles. The van der Waals surface area contributed by atoms with Crippen molar-refractivity contribution in [3.05, 3.63) is 0 Å². The van der Waals surface area contributed by atoms with Gasteiger partial charge in [-0.3, -0.25) is 4.79 Å². The van der Waals surface area contributed by atoms with Gasteiger partial charge in [-0.25, -0.2) is 9.59 Å². The van der Waals surface area contributed by atoms with Crippen LogP contribution in [0.25, 0.3) is 0 Å². The van der Waals surface area contributed by atoms with E-state index in [-0.39, 0.29) is 32.1 Å². The molecule has 8 heteroatoms. The van der Waals surface area contributed by atoms with Crippen LogP contribution in [0.4, 0.5) is 4.79 Å². The third-order valence-corrected chi connectivity index (χ3v) is 3.08. The molecule has 3 amide bonds. The number of rotatable bonds is 5. The molecule has 0 aliphatic carbocycles. The van der Waals surface area contributed by atoms with Crippen molar-refractivity contribution in [2.45, 2.75) is 18.9 Å². The molecule has 3 N–H and O–H groups in total. The first-order valence-corrected chi connectivity index (χ1v) is 6.02. The minimum atomic E-state index is -1.40. The number of nitrogens with zero attached hydrogens (tertiary/aromatic N) is 1. The minimum absolute atomic E-state index is 0.0709. The molecule has 1 fully saturated rings. The summed E-state index contributed by atoms with van der Waals surface area (Å²) in [6, 6.07) is -0.689. The highest BCUT2D eigenvalue weighted by Crippen LogP contribution is 2.18. The summed E-state index contributed by atoms with van der Waals surface area (Å²) in [4.78, 5) is 35.7. The fourth-order valence-corrected chi connectivity index (χ4v) is 1.61. The van der Waals surface area contributed by atoms with Crippen LogP contribution in [0.2, 0.25) is 0 Å². The van der Waals surface area contributed by atoms with Gasteiger partial charge in [0.15, 0.2) is 5.54 Å². The van der Waals surface area contributed by atoms with Crippen molar-refractivity contribution in [3.8, 4) is 0 Å². The summed E-state index contributed by atoms with van der Waals surface area (Å²) in [6.07, 6.45) is 0.207. The Morgan fingerprint density at radius 1 is 1.42 bits per heavy atom. The average molecular weight is 273 g/mol. The topological polar surface area (TPSA) is 108 Å². The first kappa shape index (κ1) is 15.2. The van der Waals surface area contributed by atoms with Crippen LogP contribution in [0.15, 0.2) is 0 Å². The number of amides is 3. The molecule has 0 aromatic carbocycles. The summed E-state index contributed by atoms with van der Waals surface area (Å²) < 4.78 is 5.01. The summed E-state index contributed by atoms with van der Waals surface area (Å²) in [5, 5.41) is 13.8. The number of carbonyl (C=O) groups is 3. The highest BCUT2D eigenvalue weighted by Gasteiger charge is 2.44. The fraction of sp³-hybridized carbons (Fsp3) is 0.727. The molecule has 1 heterocycles. The van der Waals surface area contributed by atoms with Crippen molar-refractivity contribution in [2.24, 2.45) is 0 Å². The molecule has 1 aliphatic rings. The van der Waals surface area contributed by atoms with Crippen LogP contribution in [0, 0.1) is 0 Å². The second-order valence-electron chi connectivity index (χ2n) is 4.41. The standard InChI is InChI=1S/C11H19N3O5/c1-3-14(2)8(15)6-12-10(18)13-11(9(16)17)4-5-19-7-11/h3-7H2,1-2H3,(H,16,17)(H2,12,13,18). The van der Waals surface area contributed by atoms with Crippen LogP contribution in [0.1, 0.15) is 13.3 Å². The first-order chi connectivity index (χ1) is 8.91. The zero-order valence-corrected chi connectivity index (χ0v) is 11.1. The summed E-state index contributed by atoms with van der Waals surface area (Å²) in [5.74, 6) is -1.39. The van der Waals surface area contributed by atoms with Gasteiger partial charge in [0.2, 0.25) is 5.91 Å². The van der Waals surface area contributed by atoms with E-state index in [1.54, 1.807) is 7.05 Å². The van der Waals surface area contributed by atoms with E-state index < -0.39 is 17.5 Å². The predicted octanol–water partition coefficient (Wildman–Crippen LogP) is -0.992. The average Bonchev–Trinajstić information content (AvgIpc) is 2.84. The molecule has 0 spiro atoms. The van der Waals surface area contributed by atoms with Gasteiger partial charge in [0.05, 0.1) is 13.2 Å². The van der Waals surface area contributed by atoms with Gasteiger partial charge in [-0.15, -0.1) is 0 Å². The maximum absolute atomic E-state index is 11.6. The lowest BCUT2D eigenvalue weighted by Gasteiger charge is -2.24. The second-order valence-corrected chi connectivity index (χ2v) is 4.41. The van der Waals surface area contributed by atoms with Crippen LogP contribution >= 0.6 is 0 Å². The number of likely N-dealkylation sites (N-methyl/N-ethyl adjacent to an activating group) is 1. The van der Waals surface area contributed by atoms with Crippen LogP contribution in [-0.4, -0.2) is 66.8 Å². The number of hydrogen-bond donors (Lipinski definition) is 3. The Hall–Kier alpha value is -1.83. The second kappa shape index (κ2) is 6.37. The normalized spacial score (nSPS) is 21.8. The van der Waals surface area contributed by atoms with Gasteiger partial charge in [-0.2, -0.15) is 0 Å². The number of aliphatic carboxylic acids is 1. The van der Waals surface area contributed by atoms with Gasteiger partial charge < -0.3 is 25.4 Å². The Kier molecular flexibility index (Phi) is 5.11. The smallest absolute Gasteiger partial charge is 0.332 e. The van der Waals surface area contributed by atoms with E-state index in [1.165, 1.54) is 4.90 Å². The first-order valence-electron chi connectivity index (χ1n) is 6.02. The molecule has 0 saturated carbocycles. The largest absolute Gasteiger partial charge is 0.479 e. The monoisotopic (exact) mass is 273 g/mol. The molecule has 0 aromatic heterocycles. The van der Waals surface area contributed by atoms with Crippen molar-refractivity contribution in [3.63, 3.8) is 0 Å². The van der Waals surface area contributed by atoms with E-state index in [1.807, 2.05) is 6.92 Å². The van der Waals surface area contributed by atoms with E-state index in [4.69, 9.17) is 9.84 Å². The predicted molar refractivity (Wildman–Crippen MR) is 65.6 cm³/mol. The Morgan fingerprint density at radius 2 is 2.11 bits per heavy atom. The zero-order chi connectivity index (χ0) is 14.5. The summed E-state index contributed by atoms with van der Waals surface area (Å²) in [6.45, 7) is 2.39.